The van der Waals surface area contributed by atoms with Crippen LogP contribution in [0.5, 0.6) is 0 Å². The van der Waals surface area contributed by atoms with Crippen LogP contribution in [0.3, 0.4) is 0 Å². The van der Waals surface area contributed by atoms with Crippen LogP contribution in [0.4, 0.5) is 5.69 Å². The van der Waals surface area contributed by atoms with Gasteiger partial charge in [0, 0.05) is 43.4 Å². The summed E-state index contributed by atoms with van der Waals surface area (Å²) in [7, 11) is 0. The van der Waals surface area contributed by atoms with Gasteiger partial charge in [-0.25, -0.2) is 0 Å². The molecule has 2 heterocycles. The van der Waals surface area contributed by atoms with Gasteiger partial charge in [-0.2, -0.15) is 0 Å². The van der Waals surface area contributed by atoms with E-state index in [0.29, 0.717) is 18.4 Å². The molecule has 0 spiro atoms. The molecule has 2 saturated heterocycles. The third-order valence-electron chi connectivity index (χ3n) is 4.83. The lowest BCUT2D eigenvalue weighted by Crippen LogP contribution is -2.44. The van der Waals surface area contributed by atoms with Crippen LogP contribution in [0.25, 0.3) is 0 Å². The molecule has 1 N–H and O–H groups in total. The molecule has 2 aliphatic rings. The minimum absolute atomic E-state index is 0.0108. The Hall–Kier alpha value is -1.88. The van der Waals surface area contributed by atoms with Crippen LogP contribution in [0.1, 0.15) is 48.9 Å². The van der Waals surface area contributed by atoms with Gasteiger partial charge in [0.05, 0.1) is 0 Å². The molecule has 1 aromatic carbocycles. The number of carbonyl (C=O) groups excluding carboxylic acids is 2. The highest BCUT2D eigenvalue weighted by atomic mass is 16.3. The van der Waals surface area contributed by atoms with Crippen LogP contribution >= 0.6 is 0 Å². The number of anilines is 1. The summed E-state index contributed by atoms with van der Waals surface area (Å²) in [6, 6.07) is 7.51. The number of rotatable bonds is 4. The van der Waals surface area contributed by atoms with E-state index in [9.17, 15) is 14.7 Å². The molecule has 23 heavy (non-hydrogen) atoms. The number of likely N-dealkylation sites (tertiary alicyclic amines) is 1. The lowest BCUT2D eigenvalue weighted by atomic mass is 9.98. The molecule has 1 unspecified atom stereocenters. The topological polar surface area (TPSA) is 60.9 Å². The van der Waals surface area contributed by atoms with Gasteiger partial charge in [0.2, 0.25) is 5.91 Å². The van der Waals surface area contributed by atoms with Gasteiger partial charge in [-0.15, -0.1) is 0 Å². The van der Waals surface area contributed by atoms with Crippen molar-refractivity contribution in [3.63, 3.8) is 0 Å². The Morgan fingerprint density at radius 1 is 1.22 bits per heavy atom. The highest BCUT2D eigenvalue weighted by molar-refractivity contribution is 5.99. The first-order valence-electron chi connectivity index (χ1n) is 8.53. The third kappa shape index (κ3) is 3.39. The Morgan fingerprint density at radius 3 is 2.83 bits per heavy atom. The molecule has 3 rings (SSSR count). The molecule has 0 saturated carbocycles. The summed E-state index contributed by atoms with van der Waals surface area (Å²) in [5, 5.41) is 9.22. The van der Waals surface area contributed by atoms with Gasteiger partial charge in [0.1, 0.15) is 0 Å². The first-order valence-corrected chi connectivity index (χ1v) is 8.53. The number of hydrogen-bond donors (Lipinski definition) is 1. The highest BCUT2D eigenvalue weighted by Gasteiger charge is 2.28. The largest absolute Gasteiger partial charge is 0.396 e. The summed E-state index contributed by atoms with van der Waals surface area (Å²) in [4.78, 5) is 28.4. The fraction of sp³-hybridized carbons (Fsp3) is 0.556. The van der Waals surface area contributed by atoms with Gasteiger partial charge in [-0.3, -0.25) is 9.59 Å². The van der Waals surface area contributed by atoms with E-state index in [2.05, 4.69) is 0 Å². The standard InChI is InChI=1S/C18H24N2O3/c21-12-9-15-6-1-2-10-20(15)18(23)14-5-3-7-16(13-14)19-11-4-8-17(19)22/h3,5,7,13,15,21H,1-2,4,6,8-12H2. The number of benzene rings is 1. The lowest BCUT2D eigenvalue weighted by molar-refractivity contribution is -0.117. The molecule has 0 radical (unpaired) electrons. The van der Waals surface area contributed by atoms with Crippen LogP contribution < -0.4 is 4.90 Å². The van der Waals surface area contributed by atoms with Gasteiger partial charge < -0.3 is 14.9 Å². The first kappa shape index (κ1) is 16.0. The molecule has 1 atom stereocenters. The first-order chi connectivity index (χ1) is 11.2. The monoisotopic (exact) mass is 316 g/mol. The van der Waals surface area contributed by atoms with Crippen molar-refractivity contribution in [2.24, 2.45) is 0 Å². The van der Waals surface area contributed by atoms with Crippen LogP contribution in [-0.2, 0) is 4.79 Å². The van der Waals surface area contributed by atoms with E-state index in [0.717, 1.165) is 44.5 Å². The Bertz CT molecular complexity index is 585. The van der Waals surface area contributed by atoms with Crippen molar-refractivity contribution in [3.8, 4) is 0 Å². The van der Waals surface area contributed by atoms with Gasteiger partial charge in [0.25, 0.3) is 5.91 Å². The average molecular weight is 316 g/mol. The summed E-state index contributed by atoms with van der Waals surface area (Å²) in [5.74, 6) is 0.141. The Morgan fingerprint density at radius 2 is 2.09 bits per heavy atom. The second-order valence-corrected chi connectivity index (χ2v) is 6.36. The van der Waals surface area contributed by atoms with E-state index in [1.54, 1.807) is 4.90 Å². The quantitative estimate of drug-likeness (QED) is 0.926. The number of aliphatic hydroxyl groups excluding tert-OH is 1. The van der Waals surface area contributed by atoms with E-state index < -0.39 is 0 Å². The molecule has 0 bridgehead atoms. The minimum Gasteiger partial charge on any atom is -0.396 e. The molecule has 1 aromatic rings. The van der Waals surface area contributed by atoms with Crippen molar-refractivity contribution in [3.05, 3.63) is 29.8 Å². The van der Waals surface area contributed by atoms with Crippen molar-refractivity contribution in [2.75, 3.05) is 24.6 Å². The number of nitrogens with zero attached hydrogens (tertiary/aromatic N) is 2. The maximum Gasteiger partial charge on any atom is 0.254 e. The molecule has 0 aromatic heterocycles. The van der Waals surface area contributed by atoms with Crippen LogP contribution in [-0.4, -0.2) is 47.6 Å². The zero-order valence-corrected chi connectivity index (χ0v) is 13.4. The smallest absolute Gasteiger partial charge is 0.254 e. The van der Waals surface area contributed by atoms with E-state index in [4.69, 9.17) is 0 Å². The lowest BCUT2D eigenvalue weighted by Gasteiger charge is -2.35. The average Bonchev–Trinajstić information content (AvgIpc) is 3.01. The van der Waals surface area contributed by atoms with Crippen LogP contribution in [0, 0.1) is 0 Å². The molecule has 5 heteroatoms. The molecule has 124 valence electrons. The number of amides is 2. The number of hydrogen-bond acceptors (Lipinski definition) is 3. The predicted molar refractivity (Wildman–Crippen MR) is 88.4 cm³/mol. The van der Waals surface area contributed by atoms with Gasteiger partial charge in [-0.05, 0) is 50.3 Å². The molecular formula is C18H24N2O3. The van der Waals surface area contributed by atoms with E-state index in [-0.39, 0.29) is 24.5 Å². The van der Waals surface area contributed by atoms with Crippen molar-refractivity contribution < 1.29 is 14.7 Å². The maximum absolute atomic E-state index is 12.9. The number of piperidine rings is 1. The normalized spacial score (nSPS) is 21.8. The van der Waals surface area contributed by atoms with Crippen molar-refractivity contribution in [1.82, 2.24) is 4.90 Å². The fourth-order valence-electron chi connectivity index (χ4n) is 3.61. The molecule has 2 fully saturated rings. The second-order valence-electron chi connectivity index (χ2n) is 6.36. The van der Waals surface area contributed by atoms with E-state index in [1.807, 2.05) is 29.2 Å². The summed E-state index contributed by atoms with van der Waals surface area (Å²) < 4.78 is 0. The van der Waals surface area contributed by atoms with Gasteiger partial charge in [0.15, 0.2) is 0 Å². The molecular weight excluding hydrogens is 292 g/mol. The molecule has 2 aliphatic heterocycles. The van der Waals surface area contributed by atoms with Crippen LogP contribution in [0.15, 0.2) is 24.3 Å². The Labute approximate surface area is 136 Å². The van der Waals surface area contributed by atoms with E-state index in [1.165, 1.54) is 0 Å². The third-order valence-corrected chi connectivity index (χ3v) is 4.83. The predicted octanol–water partition coefficient (Wildman–Crippen LogP) is 2.19. The number of aliphatic hydroxyl groups is 1. The minimum atomic E-state index is 0.0108. The highest BCUT2D eigenvalue weighted by Crippen LogP contribution is 2.25. The zero-order chi connectivity index (χ0) is 16.2. The SMILES string of the molecule is O=C1CCCN1c1cccc(C(=O)N2CCCCC2CCO)c1. The molecule has 2 amide bonds. The van der Waals surface area contributed by atoms with Crippen molar-refractivity contribution in [1.29, 1.82) is 0 Å². The summed E-state index contributed by atoms with van der Waals surface area (Å²) >= 11 is 0. The molecule has 0 aliphatic carbocycles. The van der Waals surface area contributed by atoms with Crippen LogP contribution in [0.2, 0.25) is 0 Å². The zero-order valence-electron chi connectivity index (χ0n) is 13.4. The van der Waals surface area contributed by atoms with Crippen molar-refractivity contribution in [2.45, 2.75) is 44.6 Å². The summed E-state index contributed by atoms with van der Waals surface area (Å²) in [5.41, 5.74) is 1.45. The fourth-order valence-corrected chi connectivity index (χ4v) is 3.61. The summed E-state index contributed by atoms with van der Waals surface area (Å²) in [6.07, 6.45) is 5.17. The van der Waals surface area contributed by atoms with Gasteiger partial charge >= 0.3 is 0 Å². The maximum atomic E-state index is 12.9. The van der Waals surface area contributed by atoms with Gasteiger partial charge in [-0.1, -0.05) is 6.07 Å². The van der Waals surface area contributed by atoms with E-state index >= 15 is 0 Å². The van der Waals surface area contributed by atoms with Crippen molar-refractivity contribution >= 4 is 17.5 Å². The Balaban J connectivity index is 1.80. The second kappa shape index (κ2) is 7.13. The summed E-state index contributed by atoms with van der Waals surface area (Å²) in [6.45, 7) is 1.58. The number of carbonyl (C=O) groups is 2. The molecule has 5 nitrogen and oxygen atoms in total. The Kier molecular flexibility index (Phi) is 4.96.